The Balaban J connectivity index is 1.48. The van der Waals surface area contributed by atoms with Crippen molar-refractivity contribution in [3.8, 4) is 0 Å². The second-order valence-corrected chi connectivity index (χ2v) is 6.87. The van der Waals surface area contributed by atoms with E-state index in [0.717, 1.165) is 31.4 Å². The van der Waals surface area contributed by atoms with Crippen LogP contribution >= 0.6 is 0 Å². The van der Waals surface area contributed by atoms with Gasteiger partial charge in [0.1, 0.15) is 5.82 Å². The minimum absolute atomic E-state index is 0.645. The molecule has 2 aromatic rings. The van der Waals surface area contributed by atoms with Crippen molar-refractivity contribution in [2.75, 3.05) is 24.5 Å². The molecular weight excluding hydrogens is 284 g/mol. The first kappa shape index (κ1) is 14.6. The summed E-state index contributed by atoms with van der Waals surface area (Å²) in [6, 6.07) is 9.56. The van der Waals surface area contributed by atoms with E-state index < -0.39 is 0 Å². The molecule has 0 spiro atoms. The number of rotatable bonds is 3. The molecule has 2 saturated heterocycles. The molecular formula is C19H24N4. The number of nitrogens with zero attached hydrogens (tertiary/aromatic N) is 4. The van der Waals surface area contributed by atoms with Gasteiger partial charge in [-0.25, -0.2) is 4.98 Å². The molecule has 4 nitrogen and oxygen atoms in total. The fourth-order valence-corrected chi connectivity index (χ4v) is 4.13. The molecule has 1 aromatic carbocycles. The van der Waals surface area contributed by atoms with Crippen LogP contribution in [0.3, 0.4) is 0 Å². The molecule has 0 radical (unpaired) electrons. The van der Waals surface area contributed by atoms with Crippen LogP contribution in [0, 0.1) is 12.8 Å². The third-order valence-electron chi connectivity index (χ3n) is 5.32. The Morgan fingerprint density at radius 2 is 2.09 bits per heavy atom. The van der Waals surface area contributed by atoms with Gasteiger partial charge in [-0.05, 0) is 37.8 Å². The number of hydrogen-bond donors (Lipinski definition) is 0. The average molecular weight is 308 g/mol. The highest BCUT2D eigenvalue weighted by atomic mass is 15.3. The Kier molecular flexibility index (Phi) is 4.00. The SMILES string of the molecule is Cc1cccc(CN2CCC3CCN(c4cnccn4)CC32)c1. The van der Waals surface area contributed by atoms with Crippen LogP contribution in [0.15, 0.2) is 42.9 Å². The second kappa shape index (κ2) is 6.28. The predicted octanol–water partition coefficient (Wildman–Crippen LogP) is 2.89. The first-order chi connectivity index (χ1) is 11.3. The Morgan fingerprint density at radius 3 is 2.91 bits per heavy atom. The molecule has 2 unspecified atom stereocenters. The molecule has 4 rings (SSSR count). The molecule has 23 heavy (non-hydrogen) atoms. The minimum Gasteiger partial charge on any atom is -0.354 e. The van der Waals surface area contributed by atoms with Crippen molar-refractivity contribution in [3.05, 3.63) is 54.0 Å². The third-order valence-corrected chi connectivity index (χ3v) is 5.32. The average Bonchev–Trinajstić information content (AvgIpc) is 2.98. The maximum Gasteiger partial charge on any atom is 0.147 e. The quantitative estimate of drug-likeness (QED) is 0.873. The van der Waals surface area contributed by atoms with Gasteiger partial charge >= 0.3 is 0 Å². The van der Waals surface area contributed by atoms with Gasteiger partial charge in [0.05, 0.1) is 6.20 Å². The van der Waals surface area contributed by atoms with E-state index in [1.165, 1.54) is 30.5 Å². The van der Waals surface area contributed by atoms with Gasteiger partial charge in [0.15, 0.2) is 0 Å². The van der Waals surface area contributed by atoms with Gasteiger partial charge in [-0.15, -0.1) is 0 Å². The van der Waals surface area contributed by atoms with E-state index in [2.05, 4.69) is 51.0 Å². The van der Waals surface area contributed by atoms with Crippen molar-refractivity contribution < 1.29 is 0 Å². The van der Waals surface area contributed by atoms with Crippen molar-refractivity contribution in [2.24, 2.45) is 5.92 Å². The van der Waals surface area contributed by atoms with Crippen molar-refractivity contribution in [2.45, 2.75) is 32.4 Å². The summed E-state index contributed by atoms with van der Waals surface area (Å²) in [7, 11) is 0. The molecule has 1 aromatic heterocycles. The van der Waals surface area contributed by atoms with Crippen LogP contribution in [0.4, 0.5) is 5.82 Å². The second-order valence-electron chi connectivity index (χ2n) is 6.87. The lowest BCUT2D eigenvalue weighted by Gasteiger charge is -2.39. The molecule has 0 aliphatic carbocycles. The summed E-state index contributed by atoms with van der Waals surface area (Å²) in [5, 5.41) is 0. The molecule has 0 bridgehead atoms. The maximum atomic E-state index is 4.48. The number of benzene rings is 1. The molecule has 3 heterocycles. The standard InChI is InChI=1S/C19H24N4/c1-15-3-2-4-16(11-15)13-22-9-5-17-6-10-23(14-18(17)22)19-12-20-7-8-21-19/h2-4,7-8,11-12,17-18H,5-6,9-10,13-14H2,1H3. The zero-order chi connectivity index (χ0) is 15.6. The van der Waals surface area contributed by atoms with Crippen LogP contribution in [0.5, 0.6) is 0 Å². The highest BCUT2D eigenvalue weighted by molar-refractivity contribution is 5.36. The predicted molar refractivity (Wildman–Crippen MR) is 92.3 cm³/mol. The number of piperidine rings is 1. The van der Waals surface area contributed by atoms with E-state index in [9.17, 15) is 0 Å². The smallest absolute Gasteiger partial charge is 0.147 e. The fourth-order valence-electron chi connectivity index (χ4n) is 4.13. The summed E-state index contributed by atoms with van der Waals surface area (Å²) in [6.07, 6.45) is 8.03. The van der Waals surface area contributed by atoms with Gasteiger partial charge < -0.3 is 4.90 Å². The molecule has 2 aliphatic heterocycles. The number of anilines is 1. The van der Waals surface area contributed by atoms with E-state index in [4.69, 9.17) is 0 Å². The highest BCUT2D eigenvalue weighted by Gasteiger charge is 2.38. The van der Waals surface area contributed by atoms with Crippen LogP contribution in [0.25, 0.3) is 0 Å². The number of fused-ring (bicyclic) bond motifs is 1. The topological polar surface area (TPSA) is 32.3 Å². The summed E-state index contributed by atoms with van der Waals surface area (Å²) >= 11 is 0. The van der Waals surface area contributed by atoms with Crippen LogP contribution in [0.1, 0.15) is 24.0 Å². The molecule has 0 amide bonds. The molecule has 0 N–H and O–H groups in total. The summed E-state index contributed by atoms with van der Waals surface area (Å²) in [6.45, 7) is 6.65. The number of aromatic nitrogens is 2. The summed E-state index contributed by atoms with van der Waals surface area (Å²) in [5.74, 6) is 1.86. The zero-order valence-electron chi connectivity index (χ0n) is 13.7. The third kappa shape index (κ3) is 3.08. The lowest BCUT2D eigenvalue weighted by atomic mass is 9.92. The van der Waals surface area contributed by atoms with E-state index >= 15 is 0 Å². The Hall–Kier alpha value is -1.94. The molecule has 0 saturated carbocycles. The summed E-state index contributed by atoms with van der Waals surface area (Å²) in [4.78, 5) is 13.8. The van der Waals surface area contributed by atoms with E-state index in [1.807, 2.05) is 6.20 Å². The van der Waals surface area contributed by atoms with E-state index in [1.54, 1.807) is 12.4 Å². The molecule has 120 valence electrons. The van der Waals surface area contributed by atoms with Crippen molar-refractivity contribution >= 4 is 5.82 Å². The molecule has 2 aliphatic rings. The lowest BCUT2D eigenvalue weighted by Crippen LogP contribution is -2.48. The summed E-state index contributed by atoms with van der Waals surface area (Å²) < 4.78 is 0. The van der Waals surface area contributed by atoms with Gasteiger partial charge in [0.2, 0.25) is 0 Å². The Morgan fingerprint density at radius 1 is 1.17 bits per heavy atom. The number of likely N-dealkylation sites (tertiary alicyclic amines) is 1. The Bertz CT molecular complexity index is 657. The zero-order valence-corrected chi connectivity index (χ0v) is 13.7. The number of aryl methyl sites for hydroxylation is 1. The first-order valence-electron chi connectivity index (χ1n) is 8.60. The van der Waals surface area contributed by atoms with Crippen molar-refractivity contribution in [3.63, 3.8) is 0 Å². The lowest BCUT2D eigenvalue weighted by molar-refractivity contribution is 0.200. The largest absolute Gasteiger partial charge is 0.354 e. The van der Waals surface area contributed by atoms with Crippen LogP contribution in [-0.4, -0.2) is 40.5 Å². The molecule has 2 fully saturated rings. The van der Waals surface area contributed by atoms with Crippen molar-refractivity contribution in [1.82, 2.24) is 14.9 Å². The van der Waals surface area contributed by atoms with Gasteiger partial charge in [-0.1, -0.05) is 29.8 Å². The maximum absolute atomic E-state index is 4.48. The normalized spacial score (nSPS) is 24.7. The van der Waals surface area contributed by atoms with Crippen LogP contribution in [-0.2, 0) is 6.54 Å². The highest BCUT2D eigenvalue weighted by Crippen LogP contribution is 2.33. The first-order valence-corrected chi connectivity index (χ1v) is 8.60. The number of hydrogen-bond acceptors (Lipinski definition) is 4. The van der Waals surface area contributed by atoms with E-state index in [-0.39, 0.29) is 0 Å². The fraction of sp³-hybridized carbons (Fsp3) is 0.474. The van der Waals surface area contributed by atoms with Gasteiger partial charge in [-0.3, -0.25) is 9.88 Å². The molecule has 2 atom stereocenters. The van der Waals surface area contributed by atoms with Crippen molar-refractivity contribution in [1.29, 1.82) is 0 Å². The Labute approximate surface area is 138 Å². The minimum atomic E-state index is 0.645. The van der Waals surface area contributed by atoms with E-state index in [0.29, 0.717) is 6.04 Å². The van der Waals surface area contributed by atoms with Crippen LogP contribution < -0.4 is 4.90 Å². The van der Waals surface area contributed by atoms with Crippen LogP contribution in [0.2, 0.25) is 0 Å². The monoisotopic (exact) mass is 308 g/mol. The molecule has 4 heteroatoms. The summed E-state index contributed by atoms with van der Waals surface area (Å²) in [5.41, 5.74) is 2.78. The van der Waals surface area contributed by atoms with Gasteiger partial charge in [-0.2, -0.15) is 0 Å². The van der Waals surface area contributed by atoms with Gasteiger partial charge in [0.25, 0.3) is 0 Å². The van der Waals surface area contributed by atoms with Gasteiger partial charge in [0, 0.05) is 38.1 Å².